The number of carbonyl (C=O) groups excluding carboxylic acids is 1. The van der Waals surface area contributed by atoms with E-state index in [-0.39, 0.29) is 37.5 Å². The van der Waals surface area contributed by atoms with Crippen LogP contribution in [0.5, 0.6) is 0 Å². The fourth-order valence-corrected chi connectivity index (χ4v) is 12.1. The number of esters is 1. The highest BCUT2D eigenvalue weighted by Gasteiger charge is 2.54. The van der Waals surface area contributed by atoms with Crippen molar-refractivity contribution in [3.63, 3.8) is 0 Å². The van der Waals surface area contributed by atoms with Gasteiger partial charge < -0.3 is 67.7 Å². The summed E-state index contributed by atoms with van der Waals surface area (Å²) in [5, 5.41) is 53.8. The highest BCUT2D eigenvalue weighted by molar-refractivity contribution is 6.69. The first-order chi connectivity index (χ1) is 30.4. The van der Waals surface area contributed by atoms with Gasteiger partial charge in [0.2, 0.25) is 5.79 Å². The Morgan fingerprint density at radius 1 is 0.879 bits per heavy atom. The van der Waals surface area contributed by atoms with Crippen molar-refractivity contribution in [3.05, 3.63) is 0 Å². The fourth-order valence-electron chi connectivity index (χ4n) is 11.0. The van der Waals surface area contributed by atoms with E-state index in [0.29, 0.717) is 25.0 Å². The molecule has 0 aromatic carbocycles. The molecular formula is C49H92N2O14Si. The molecule has 0 radical (unpaired) electrons. The maximum atomic E-state index is 14.7. The molecule has 2 unspecified atom stereocenters. The number of cyclic esters (lactones) is 1. The van der Waals surface area contributed by atoms with Crippen molar-refractivity contribution in [1.82, 2.24) is 4.90 Å². The van der Waals surface area contributed by atoms with Gasteiger partial charge in [-0.05, 0) is 121 Å². The van der Waals surface area contributed by atoms with Gasteiger partial charge in [-0.25, -0.2) is 0 Å². The van der Waals surface area contributed by atoms with Gasteiger partial charge in [0.05, 0.1) is 59.5 Å². The van der Waals surface area contributed by atoms with Crippen LogP contribution in [0, 0.1) is 23.7 Å². The highest BCUT2D eigenvalue weighted by atomic mass is 28.4. The number of aliphatic hydroxyl groups excluding tert-OH is 2. The lowest BCUT2D eigenvalue weighted by atomic mass is 9.73. The molecule has 4 fully saturated rings. The second kappa shape index (κ2) is 22.8. The Bertz CT molecular complexity index is 1570. The Kier molecular flexibility index (Phi) is 19.8. The lowest BCUT2D eigenvalue weighted by Crippen LogP contribution is -2.62. The number of aliphatic hydroxyl groups is 4. The number of hydrogen-bond donors (Lipinski definition) is 4. The number of ether oxygens (including phenoxy) is 7. The zero-order valence-electron chi connectivity index (χ0n) is 43.9. The number of carbonyl (C=O) groups is 1. The number of likely N-dealkylation sites (N-methyl/N-ethyl adjacent to an activating group) is 1. The van der Waals surface area contributed by atoms with Gasteiger partial charge in [-0.15, -0.1) is 0 Å². The van der Waals surface area contributed by atoms with Crippen LogP contribution in [0.4, 0.5) is 0 Å². The highest BCUT2D eigenvalue weighted by Crippen LogP contribution is 2.42. The Hall–Kier alpha value is -1.32. The van der Waals surface area contributed by atoms with Crippen molar-refractivity contribution in [2.45, 2.75) is 257 Å². The lowest BCUT2D eigenvalue weighted by Gasteiger charge is -2.50. The molecule has 1 saturated carbocycles. The van der Waals surface area contributed by atoms with Crippen molar-refractivity contribution in [2.24, 2.45) is 28.8 Å². The Balaban J connectivity index is 1.95. The van der Waals surface area contributed by atoms with Crippen LogP contribution in [0.2, 0.25) is 19.6 Å². The Labute approximate surface area is 398 Å². The molecule has 386 valence electrons. The molecule has 3 aliphatic heterocycles. The minimum Gasteiger partial charge on any atom is -0.459 e. The molecule has 1 aliphatic carbocycles. The predicted molar refractivity (Wildman–Crippen MR) is 254 cm³/mol. The molecule has 17 heteroatoms. The van der Waals surface area contributed by atoms with Crippen molar-refractivity contribution in [2.75, 3.05) is 21.2 Å². The summed E-state index contributed by atoms with van der Waals surface area (Å²) in [5.74, 6) is -4.93. The zero-order valence-corrected chi connectivity index (χ0v) is 44.9. The zero-order chi connectivity index (χ0) is 49.9. The third-order valence-electron chi connectivity index (χ3n) is 14.7. The summed E-state index contributed by atoms with van der Waals surface area (Å²) in [4.78, 5) is 23.3. The van der Waals surface area contributed by atoms with E-state index in [4.69, 9.17) is 47.6 Å². The third kappa shape index (κ3) is 13.8. The van der Waals surface area contributed by atoms with Crippen LogP contribution in [0.25, 0.3) is 0 Å². The van der Waals surface area contributed by atoms with Crippen LogP contribution >= 0.6 is 0 Å². The summed E-state index contributed by atoms with van der Waals surface area (Å²) < 4.78 is 52.5. The van der Waals surface area contributed by atoms with Crippen molar-refractivity contribution < 1.29 is 67.6 Å². The van der Waals surface area contributed by atoms with Crippen LogP contribution in [-0.2, 0) is 47.2 Å². The molecule has 4 N–H and O–H groups in total. The maximum Gasteiger partial charge on any atom is 0.311 e. The van der Waals surface area contributed by atoms with Gasteiger partial charge in [-0.2, -0.15) is 0 Å². The number of methoxy groups -OCH3 is 1. The molecule has 0 spiro atoms. The van der Waals surface area contributed by atoms with E-state index in [9.17, 15) is 25.2 Å². The van der Waals surface area contributed by atoms with Crippen LogP contribution in [0.15, 0.2) is 5.16 Å². The van der Waals surface area contributed by atoms with Crippen LogP contribution in [0.1, 0.15) is 141 Å². The van der Waals surface area contributed by atoms with Gasteiger partial charge in [-0.3, -0.25) is 4.79 Å². The average molecular weight is 961 g/mol. The topological polar surface area (TPSA) is 197 Å². The van der Waals surface area contributed by atoms with E-state index in [1.807, 2.05) is 48.7 Å². The number of rotatable bonds is 13. The first-order valence-corrected chi connectivity index (χ1v) is 28.3. The van der Waals surface area contributed by atoms with E-state index < -0.39 is 116 Å². The van der Waals surface area contributed by atoms with Gasteiger partial charge in [0.25, 0.3) is 0 Å². The van der Waals surface area contributed by atoms with E-state index in [1.165, 1.54) is 14.0 Å². The van der Waals surface area contributed by atoms with E-state index in [2.05, 4.69) is 24.5 Å². The van der Waals surface area contributed by atoms with Crippen molar-refractivity contribution >= 4 is 20.0 Å². The number of oxime groups is 1. The molecule has 18 atom stereocenters. The Morgan fingerprint density at radius 2 is 1.50 bits per heavy atom. The van der Waals surface area contributed by atoms with Crippen molar-refractivity contribution in [3.8, 4) is 0 Å². The maximum absolute atomic E-state index is 14.7. The molecule has 16 nitrogen and oxygen atoms in total. The van der Waals surface area contributed by atoms with Crippen molar-refractivity contribution in [1.29, 1.82) is 0 Å². The summed E-state index contributed by atoms with van der Waals surface area (Å²) in [6.45, 7) is 28.0. The normalized spacial score (nSPS) is 44.3. The summed E-state index contributed by atoms with van der Waals surface area (Å²) in [6.07, 6.45) is -4.16. The lowest BCUT2D eigenvalue weighted by molar-refractivity contribution is -0.316. The smallest absolute Gasteiger partial charge is 0.311 e. The molecule has 0 amide bonds. The van der Waals surface area contributed by atoms with E-state index in [1.54, 1.807) is 41.5 Å². The first-order valence-electron chi connectivity index (χ1n) is 24.9. The molecule has 66 heavy (non-hydrogen) atoms. The Morgan fingerprint density at radius 3 is 2.05 bits per heavy atom. The minimum absolute atomic E-state index is 0.0357. The monoisotopic (exact) mass is 961 g/mol. The molecule has 4 rings (SSSR count). The first kappa shape index (κ1) is 57.3. The van der Waals surface area contributed by atoms with Gasteiger partial charge in [0, 0.05) is 50.2 Å². The second-order valence-electron chi connectivity index (χ2n) is 22.5. The van der Waals surface area contributed by atoms with Gasteiger partial charge in [0.15, 0.2) is 20.9 Å². The van der Waals surface area contributed by atoms with Gasteiger partial charge >= 0.3 is 5.97 Å². The number of nitrogens with zero attached hydrogens (tertiary/aromatic N) is 2. The fraction of sp³-hybridized carbons (Fsp3) is 0.959. The van der Waals surface area contributed by atoms with Crippen LogP contribution < -0.4 is 0 Å². The molecular weight excluding hydrogens is 869 g/mol. The predicted octanol–water partition coefficient (Wildman–Crippen LogP) is 6.53. The molecule has 0 aromatic heterocycles. The van der Waals surface area contributed by atoms with Gasteiger partial charge in [-0.1, -0.05) is 39.3 Å². The largest absolute Gasteiger partial charge is 0.459 e. The second-order valence-corrected chi connectivity index (χ2v) is 27.0. The average Bonchev–Trinajstić information content (AvgIpc) is 3.21. The SMILES string of the molecule is CC[C@H]1OC(=O)[C@H](C)[C@@H](OC2C[C@@](C)(OC)[C@@H](O)[C@H](C)O2)[C@H](C)[C@@H](OC2O[C@H](C)C[C@H](N(C)C)[C@H]2O[Si](C)(C)C)[C@@](C)(O)C[C@@H](C)C(=NOC2(OC(C)C)CCCCC2)[C@H](C)[C@@H](O)[C@]1(C)O. The quantitative estimate of drug-likeness (QED) is 0.0673. The molecule has 3 saturated heterocycles. The summed E-state index contributed by atoms with van der Waals surface area (Å²) in [5.41, 5.74) is -4.33. The summed E-state index contributed by atoms with van der Waals surface area (Å²) in [7, 11) is 3.32. The summed E-state index contributed by atoms with van der Waals surface area (Å²) >= 11 is 0. The molecule has 0 bridgehead atoms. The standard InChI is InChI=1S/C49H92N2O14Si/c1-19-36-48(12,56)41(52)31(6)38(50-65-49(63-28(2)3)23-21-20-22-24-49)29(4)26-46(10,55)43(62-45-40(64-66(16,17)18)35(51(13)14)25-30(5)58-45)32(7)39(33(8)44(54)60-36)61-37-27-47(11,57-15)42(53)34(9)59-37/h28-37,39-43,45,52-53,55-56H,19-27H2,1-18H3/t29-,30-,31+,32+,33-,34+,35+,36-,37?,39+,40-,41-,42+,43-,45?,46+,47-,48-/m1/s1. The van der Waals surface area contributed by atoms with E-state index >= 15 is 0 Å². The molecule has 0 aromatic rings. The number of hydrogen-bond acceptors (Lipinski definition) is 16. The molecule has 3 heterocycles. The van der Waals surface area contributed by atoms with E-state index in [0.717, 1.165) is 19.3 Å². The minimum atomic E-state index is -2.23. The van der Waals surface area contributed by atoms with Gasteiger partial charge in [0.1, 0.15) is 23.9 Å². The van der Waals surface area contributed by atoms with Crippen LogP contribution in [-0.4, -0.2) is 163 Å². The van der Waals surface area contributed by atoms with Crippen LogP contribution in [0.3, 0.4) is 0 Å². The molecule has 4 aliphatic rings. The third-order valence-corrected chi connectivity index (χ3v) is 15.7. The summed E-state index contributed by atoms with van der Waals surface area (Å²) in [6, 6.07) is -0.0865.